The van der Waals surface area contributed by atoms with Crippen LogP contribution in [0.2, 0.25) is 0 Å². The van der Waals surface area contributed by atoms with Crippen LogP contribution in [-0.4, -0.2) is 38.7 Å². The highest BCUT2D eigenvalue weighted by Gasteiger charge is 2.22. The molecule has 1 aromatic carbocycles. The van der Waals surface area contributed by atoms with Gasteiger partial charge in [-0.25, -0.2) is 4.98 Å². The summed E-state index contributed by atoms with van der Waals surface area (Å²) < 4.78 is 1.67. The zero-order valence-corrected chi connectivity index (χ0v) is 15.8. The molecule has 6 nitrogen and oxygen atoms in total. The molecule has 1 aromatic heterocycles. The topological polar surface area (TPSA) is 63.1 Å². The summed E-state index contributed by atoms with van der Waals surface area (Å²) in [4.78, 5) is 18.5. The molecule has 1 aliphatic rings. The number of likely N-dealkylation sites (tertiary alicyclic amines) is 1. The molecule has 1 fully saturated rings. The maximum atomic E-state index is 12.1. The molecule has 0 bridgehead atoms. The fourth-order valence-corrected chi connectivity index (χ4v) is 3.89. The first-order valence-electron chi connectivity index (χ1n) is 9.48. The molecule has 1 saturated heterocycles. The fourth-order valence-electron chi connectivity index (χ4n) is 3.89. The van der Waals surface area contributed by atoms with E-state index in [-0.39, 0.29) is 5.91 Å². The third kappa shape index (κ3) is 5.39. The van der Waals surface area contributed by atoms with Gasteiger partial charge in [-0.2, -0.15) is 5.10 Å². The first kappa shape index (κ1) is 18.6. The van der Waals surface area contributed by atoms with E-state index in [9.17, 15) is 4.79 Å². The number of hydrogen-bond acceptors (Lipinski definition) is 4. The predicted octanol–water partition coefficient (Wildman–Crippen LogP) is 2.46. The van der Waals surface area contributed by atoms with Crippen LogP contribution in [0.1, 0.15) is 37.8 Å². The number of nitrogens with zero attached hydrogens (tertiary/aromatic N) is 4. The minimum absolute atomic E-state index is 0.0375. The van der Waals surface area contributed by atoms with Crippen LogP contribution in [0.3, 0.4) is 0 Å². The highest BCUT2D eigenvalue weighted by molar-refractivity contribution is 5.75. The molecule has 26 heavy (non-hydrogen) atoms. The summed E-state index contributed by atoms with van der Waals surface area (Å²) in [7, 11) is 0. The zero-order chi connectivity index (χ0) is 18.4. The number of piperidine rings is 1. The van der Waals surface area contributed by atoms with Crippen molar-refractivity contribution >= 4 is 5.91 Å². The van der Waals surface area contributed by atoms with Gasteiger partial charge in [0, 0.05) is 32.6 Å². The number of carbonyl (C=O) groups is 1. The Balaban J connectivity index is 1.52. The van der Waals surface area contributed by atoms with Gasteiger partial charge in [0.15, 0.2) is 0 Å². The zero-order valence-electron chi connectivity index (χ0n) is 15.8. The van der Waals surface area contributed by atoms with Crippen LogP contribution in [0.25, 0.3) is 0 Å². The molecule has 0 saturated carbocycles. The number of carbonyl (C=O) groups excluding carboxylic acids is 1. The maximum absolute atomic E-state index is 12.1. The Kier molecular flexibility index (Phi) is 6.39. The van der Waals surface area contributed by atoms with Crippen LogP contribution < -0.4 is 5.32 Å². The second-order valence-corrected chi connectivity index (χ2v) is 7.59. The normalized spacial score (nSPS) is 20.8. The lowest BCUT2D eigenvalue weighted by Gasteiger charge is -2.35. The van der Waals surface area contributed by atoms with Gasteiger partial charge < -0.3 is 5.32 Å². The summed E-state index contributed by atoms with van der Waals surface area (Å²) in [6, 6.07) is 8.43. The van der Waals surface area contributed by atoms with Crippen LogP contribution in [0, 0.1) is 11.8 Å². The summed E-state index contributed by atoms with van der Waals surface area (Å²) in [6.07, 6.45) is 4.84. The quantitative estimate of drug-likeness (QED) is 0.829. The van der Waals surface area contributed by atoms with Gasteiger partial charge in [0.05, 0.1) is 6.54 Å². The van der Waals surface area contributed by atoms with Gasteiger partial charge in [0.25, 0.3) is 0 Å². The molecule has 140 valence electrons. The largest absolute Gasteiger partial charge is 0.352 e. The third-order valence-corrected chi connectivity index (χ3v) is 4.97. The number of rotatable bonds is 7. The first-order chi connectivity index (χ1) is 12.6. The molecule has 1 N–H and O–H groups in total. The van der Waals surface area contributed by atoms with Crippen molar-refractivity contribution in [3.05, 3.63) is 48.0 Å². The van der Waals surface area contributed by atoms with Crippen molar-refractivity contribution in [1.29, 1.82) is 0 Å². The number of hydrogen-bond donors (Lipinski definition) is 1. The molecule has 6 heteroatoms. The molecule has 2 heterocycles. The molecule has 0 aliphatic carbocycles. The lowest BCUT2D eigenvalue weighted by molar-refractivity contribution is -0.121. The van der Waals surface area contributed by atoms with E-state index in [1.807, 2.05) is 6.07 Å². The highest BCUT2D eigenvalue weighted by atomic mass is 16.1. The van der Waals surface area contributed by atoms with Crippen molar-refractivity contribution in [1.82, 2.24) is 25.0 Å². The van der Waals surface area contributed by atoms with Crippen LogP contribution in [0.15, 0.2) is 36.9 Å². The van der Waals surface area contributed by atoms with E-state index in [4.69, 9.17) is 0 Å². The number of aromatic nitrogens is 3. The van der Waals surface area contributed by atoms with Crippen molar-refractivity contribution in [3.63, 3.8) is 0 Å². The van der Waals surface area contributed by atoms with Crippen LogP contribution >= 0.6 is 0 Å². The van der Waals surface area contributed by atoms with Gasteiger partial charge in [-0.05, 0) is 29.4 Å². The number of benzene rings is 1. The standard InChI is InChI=1S/C20H29N5O/c1-16-9-17(2)12-24(11-16)13-19-6-4-3-5-18(19)10-22-20(26)7-8-25-15-21-14-23-25/h3-6,14-17H,7-13H2,1-2H3,(H,22,26)/t16-,17-/m1/s1. The van der Waals surface area contributed by atoms with Gasteiger partial charge in [-0.3, -0.25) is 14.4 Å². The van der Waals surface area contributed by atoms with Crippen molar-refractivity contribution < 1.29 is 4.79 Å². The van der Waals surface area contributed by atoms with Gasteiger partial charge in [0.1, 0.15) is 12.7 Å². The van der Waals surface area contributed by atoms with Gasteiger partial charge in [0.2, 0.25) is 5.91 Å². The Hall–Kier alpha value is -2.21. The average Bonchev–Trinajstić information content (AvgIpc) is 3.12. The van der Waals surface area contributed by atoms with Crippen LogP contribution in [0.4, 0.5) is 0 Å². The maximum Gasteiger partial charge on any atom is 0.222 e. The molecule has 2 atom stereocenters. The minimum Gasteiger partial charge on any atom is -0.352 e. The molecule has 0 radical (unpaired) electrons. The van der Waals surface area contributed by atoms with Crippen molar-refractivity contribution in [2.45, 2.75) is 46.3 Å². The lowest BCUT2D eigenvalue weighted by Crippen LogP contribution is -2.38. The second kappa shape index (κ2) is 8.94. The van der Waals surface area contributed by atoms with E-state index < -0.39 is 0 Å². The molecule has 2 aromatic rings. The number of amides is 1. The Labute approximate surface area is 155 Å². The molecule has 0 spiro atoms. The number of aryl methyl sites for hydroxylation is 1. The summed E-state index contributed by atoms with van der Waals surface area (Å²) in [5.41, 5.74) is 2.51. The van der Waals surface area contributed by atoms with Crippen LogP contribution in [0.5, 0.6) is 0 Å². The molecule has 0 unspecified atom stereocenters. The third-order valence-electron chi connectivity index (χ3n) is 4.97. The summed E-state index contributed by atoms with van der Waals surface area (Å²) in [5, 5.41) is 7.06. The molecular weight excluding hydrogens is 326 g/mol. The first-order valence-corrected chi connectivity index (χ1v) is 9.48. The van der Waals surface area contributed by atoms with E-state index in [0.717, 1.165) is 31.5 Å². The summed E-state index contributed by atoms with van der Waals surface area (Å²) in [5.74, 6) is 1.54. The van der Waals surface area contributed by atoms with Crippen molar-refractivity contribution in [2.75, 3.05) is 13.1 Å². The SMILES string of the molecule is C[C@@H]1C[C@@H](C)CN(Cc2ccccc2CNC(=O)CCn2cncn2)C1. The van der Waals surface area contributed by atoms with E-state index in [1.165, 1.54) is 23.9 Å². The van der Waals surface area contributed by atoms with E-state index in [2.05, 4.69) is 52.3 Å². The van der Waals surface area contributed by atoms with Crippen LogP contribution in [-0.2, 0) is 24.4 Å². The fraction of sp³-hybridized carbons (Fsp3) is 0.550. The van der Waals surface area contributed by atoms with Gasteiger partial charge in [-0.15, -0.1) is 0 Å². The predicted molar refractivity (Wildman–Crippen MR) is 101 cm³/mol. The Morgan fingerprint density at radius 3 is 2.62 bits per heavy atom. The number of nitrogens with one attached hydrogen (secondary N) is 1. The van der Waals surface area contributed by atoms with Crippen molar-refractivity contribution in [2.24, 2.45) is 11.8 Å². The Morgan fingerprint density at radius 2 is 1.92 bits per heavy atom. The second-order valence-electron chi connectivity index (χ2n) is 7.59. The molecule has 1 aliphatic heterocycles. The molecule has 1 amide bonds. The van der Waals surface area contributed by atoms with E-state index in [0.29, 0.717) is 19.5 Å². The summed E-state index contributed by atoms with van der Waals surface area (Å²) >= 11 is 0. The lowest BCUT2D eigenvalue weighted by atomic mass is 9.91. The smallest absolute Gasteiger partial charge is 0.222 e. The van der Waals surface area contributed by atoms with Gasteiger partial charge in [-0.1, -0.05) is 38.1 Å². The summed E-state index contributed by atoms with van der Waals surface area (Å²) in [6.45, 7) is 9.07. The van der Waals surface area contributed by atoms with Gasteiger partial charge >= 0.3 is 0 Å². The Bertz CT molecular complexity index is 690. The van der Waals surface area contributed by atoms with E-state index in [1.54, 1.807) is 11.0 Å². The minimum atomic E-state index is 0.0375. The Morgan fingerprint density at radius 1 is 1.19 bits per heavy atom. The van der Waals surface area contributed by atoms with Crippen molar-refractivity contribution in [3.8, 4) is 0 Å². The van der Waals surface area contributed by atoms with E-state index >= 15 is 0 Å². The molecular formula is C20H29N5O. The highest BCUT2D eigenvalue weighted by Crippen LogP contribution is 2.23. The molecule has 3 rings (SSSR count). The monoisotopic (exact) mass is 355 g/mol. The average molecular weight is 355 g/mol.